The molecule has 1 aliphatic heterocycles. The standard InChI is InChI=1S/C29H28N4O4S/c1-17-15-21(18(2)32(17)23-11-6-5-9-20(23)28(34)35)27-26(22-10-7-8-14-30-22)31-29(38)33(27)24-16-19(36-3)12-13-25(24)37-4/h5-16,26-27H,1-4H3,(H,31,38)(H,34,35)/t26-,27-/m1/s1. The van der Waals surface area contributed by atoms with Crippen molar-refractivity contribution in [2.24, 2.45) is 0 Å². The second-order valence-electron chi connectivity index (χ2n) is 9.02. The molecule has 3 heterocycles. The molecule has 38 heavy (non-hydrogen) atoms. The highest BCUT2D eigenvalue weighted by Gasteiger charge is 2.43. The zero-order valence-electron chi connectivity index (χ0n) is 21.5. The van der Waals surface area contributed by atoms with Crippen LogP contribution in [0.4, 0.5) is 5.69 Å². The van der Waals surface area contributed by atoms with Crippen molar-refractivity contribution in [3.05, 3.63) is 101 Å². The smallest absolute Gasteiger partial charge is 0.337 e. The zero-order valence-corrected chi connectivity index (χ0v) is 22.3. The number of thiocarbonyl (C=S) groups is 1. The molecule has 8 nitrogen and oxygen atoms in total. The van der Waals surface area contributed by atoms with Gasteiger partial charge < -0.3 is 29.4 Å². The van der Waals surface area contributed by atoms with Crippen molar-refractivity contribution >= 4 is 29.0 Å². The largest absolute Gasteiger partial charge is 0.497 e. The van der Waals surface area contributed by atoms with Crippen LogP contribution in [0.3, 0.4) is 0 Å². The third-order valence-corrected chi connectivity index (χ3v) is 7.22. The number of rotatable bonds is 7. The Morgan fingerprint density at radius 3 is 2.45 bits per heavy atom. The predicted molar refractivity (Wildman–Crippen MR) is 150 cm³/mol. The van der Waals surface area contributed by atoms with Crippen molar-refractivity contribution in [2.45, 2.75) is 25.9 Å². The highest BCUT2D eigenvalue weighted by molar-refractivity contribution is 7.80. The fraction of sp³-hybridized carbons (Fsp3) is 0.207. The van der Waals surface area contributed by atoms with E-state index in [9.17, 15) is 9.90 Å². The maximum Gasteiger partial charge on any atom is 0.337 e. The molecule has 9 heteroatoms. The van der Waals surface area contributed by atoms with Gasteiger partial charge in [-0.1, -0.05) is 18.2 Å². The van der Waals surface area contributed by atoms with Crippen LogP contribution in [0.1, 0.15) is 45.1 Å². The molecule has 0 amide bonds. The first-order valence-corrected chi connectivity index (χ1v) is 12.5. The Kier molecular flexibility index (Phi) is 6.77. The number of methoxy groups -OCH3 is 2. The fourth-order valence-electron chi connectivity index (χ4n) is 5.22. The van der Waals surface area contributed by atoms with Crippen molar-refractivity contribution in [3.8, 4) is 17.2 Å². The topological polar surface area (TPSA) is 88.9 Å². The summed E-state index contributed by atoms with van der Waals surface area (Å²) >= 11 is 5.90. The van der Waals surface area contributed by atoms with E-state index in [4.69, 9.17) is 21.7 Å². The molecular weight excluding hydrogens is 500 g/mol. The van der Waals surface area contributed by atoms with Crippen LogP contribution in [-0.2, 0) is 0 Å². The third-order valence-electron chi connectivity index (χ3n) is 6.91. The molecule has 5 rings (SSSR count). The van der Waals surface area contributed by atoms with Gasteiger partial charge in [-0.25, -0.2) is 4.79 Å². The summed E-state index contributed by atoms with van der Waals surface area (Å²) in [5.41, 5.74) is 5.21. The van der Waals surface area contributed by atoms with Crippen LogP contribution in [0.25, 0.3) is 5.69 Å². The summed E-state index contributed by atoms with van der Waals surface area (Å²) in [6.45, 7) is 3.97. The van der Waals surface area contributed by atoms with Crippen LogP contribution in [0.5, 0.6) is 11.5 Å². The number of anilines is 1. The number of aromatic nitrogens is 2. The Hall–Kier alpha value is -4.37. The first-order valence-electron chi connectivity index (χ1n) is 12.1. The molecule has 1 aliphatic rings. The summed E-state index contributed by atoms with van der Waals surface area (Å²) in [6.07, 6.45) is 1.76. The zero-order chi connectivity index (χ0) is 27.0. The highest BCUT2D eigenvalue weighted by atomic mass is 32.1. The van der Waals surface area contributed by atoms with E-state index in [1.807, 2.05) is 71.8 Å². The minimum atomic E-state index is -0.979. The lowest BCUT2D eigenvalue weighted by atomic mass is 9.96. The molecule has 2 aromatic heterocycles. The second kappa shape index (κ2) is 10.2. The van der Waals surface area contributed by atoms with Gasteiger partial charge in [-0.15, -0.1) is 0 Å². The number of carboxylic acids is 1. The fourth-order valence-corrected chi connectivity index (χ4v) is 5.56. The molecule has 4 aromatic rings. The van der Waals surface area contributed by atoms with E-state index in [-0.39, 0.29) is 17.6 Å². The molecule has 1 fully saturated rings. The van der Waals surface area contributed by atoms with E-state index in [0.717, 1.165) is 28.3 Å². The molecule has 2 atom stereocenters. The Morgan fingerprint density at radius 2 is 1.76 bits per heavy atom. The van der Waals surface area contributed by atoms with Gasteiger partial charge in [0.25, 0.3) is 0 Å². The number of hydrogen-bond acceptors (Lipinski definition) is 5. The van der Waals surface area contributed by atoms with E-state index < -0.39 is 5.97 Å². The van der Waals surface area contributed by atoms with E-state index >= 15 is 0 Å². The van der Waals surface area contributed by atoms with Crippen molar-refractivity contribution < 1.29 is 19.4 Å². The summed E-state index contributed by atoms with van der Waals surface area (Å²) in [7, 11) is 3.24. The third kappa shape index (κ3) is 4.24. The maximum absolute atomic E-state index is 12.0. The molecule has 1 saturated heterocycles. The van der Waals surface area contributed by atoms with Gasteiger partial charge in [-0.05, 0) is 74.1 Å². The summed E-state index contributed by atoms with van der Waals surface area (Å²) in [4.78, 5) is 18.7. The number of ether oxygens (including phenoxy) is 2. The van der Waals surface area contributed by atoms with Crippen LogP contribution in [-0.4, -0.2) is 40.0 Å². The number of nitrogens with one attached hydrogen (secondary N) is 1. The Balaban J connectivity index is 1.74. The van der Waals surface area contributed by atoms with Crippen LogP contribution < -0.4 is 19.7 Å². The van der Waals surface area contributed by atoms with Gasteiger partial charge in [0.2, 0.25) is 0 Å². The van der Waals surface area contributed by atoms with Gasteiger partial charge in [-0.3, -0.25) is 4.98 Å². The van der Waals surface area contributed by atoms with Gasteiger partial charge in [-0.2, -0.15) is 0 Å². The van der Waals surface area contributed by atoms with Crippen LogP contribution >= 0.6 is 12.2 Å². The van der Waals surface area contributed by atoms with Crippen molar-refractivity contribution in [1.82, 2.24) is 14.9 Å². The molecule has 194 valence electrons. The number of carbonyl (C=O) groups is 1. The second-order valence-corrected chi connectivity index (χ2v) is 9.41. The minimum Gasteiger partial charge on any atom is -0.497 e. The van der Waals surface area contributed by atoms with Gasteiger partial charge in [0.15, 0.2) is 5.11 Å². The normalized spacial score (nSPS) is 16.8. The molecule has 0 spiro atoms. The van der Waals surface area contributed by atoms with Crippen molar-refractivity contribution in [1.29, 1.82) is 0 Å². The maximum atomic E-state index is 12.0. The molecule has 2 N–H and O–H groups in total. The molecular formula is C29H28N4O4S. The number of hydrogen-bond donors (Lipinski definition) is 2. The Bertz CT molecular complexity index is 1520. The van der Waals surface area contributed by atoms with E-state index in [2.05, 4.69) is 16.4 Å². The van der Waals surface area contributed by atoms with E-state index in [1.54, 1.807) is 32.5 Å². The van der Waals surface area contributed by atoms with Gasteiger partial charge in [0, 0.05) is 23.7 Å². The monoisotopic (exact) mass is 528 g/mol. The molecule has 0 unspecified atom stereocenters. The Morgan fingerprint density at radius 1 is 1.00 bits per heavy atom. The average Bonchev–Trinajstić information content (AvgIpc) is 3.43. The molecule has 0 radical (unpaired) electrons. The van der Waals surface area contributed by atoms with Gasteiger partial charge >= 0.3 is 5.97 Å². The first-order chi connectivity index (χ1) is 18.3. The summed E-state index contributed by atoms with van der Waals surface area (Å²) in [6, 6.07) is 19.9. The van der Waals surface area contributed by atoms with Crippen molar-refractivity contribution in [2.75, 3.05) is 19.1 Å². The van der Waals surface area contributed by atoms with Crippen LogP contribution in [0.15, 0.2) is 72.9 Å². The lowest BCUT2D eigenvalue weighted by Gasteiger charge is -2.29. The predicted octanol–water partition coefficient (Wildman–Crippen LogP) is 5.38. The molecule has 2 aromatic carbocycles. The van der Waals surface area contributed by atoms with E-state index in [0.29, 0.717) is 22.3 Å². The quantitative estimate of drug-likeness (QED) is 0.309. The molecule has 0 saturated carbocycles. The van der Waals surface area contributed by atoms with Gasteiger partial charge in [0.1, 0.15) is 11.5 Å². The SMILES string of the molecule is COc1ccc(OC)c(N2C(=S)N[C@H](c3ccccn3)[C@H]2c2cc(C)n(-c3ccccc3C(=O)O)c2C)c1. The minimum absolute atomic E-state index is 0.230. The first kappa shape index (κ1) is 25.3. The molecule has 0 bridgehead atoms. The van der Waals surface area contributed by atoms with Crippen LogP contribution in [0.2, 0.25) is 0 Å². The van der Waals surface area contributed by atoms with Crippen LogP contribution in [0, 0.1) is 13.8 Å². The number of pyridine rings is 1. The number of carboxylic acid groups (broad SMARTS) is 1. The lowest BCUT2D eigenvalue weighted by molar-refractivity contribution is 0.0697. The van der Waals surface area contributed by atoms with Crippen molar-refractivity contribution in [3.63, 3.8) is 0 Å². The average molecular weight is 529 g/mol. The number of aryl methyl sites for hydroxylation is 1. The number of para-hydroxylation sites is 1. The summed E-state index contributed by atoms with van der Waals surface area (Å²) in [5, 5.41) is 13.9. The lowest BCUT2D eigenvalue weighted by Crippen LogP contribution is -2.30. The molecule has 0 aliphatic carbocycles. The number of aromatic carboxylic acids is 1. The highest BCUT2D eigenvalue weighted by Crippen LogP contribution is 2.47. The van der Waals surface area contributed by atoms with E-state index in [1.165, 1.54) is 0 Å². The number of nitrogens with zero attached hydrogens (tertiary/aromatic N) is 3. The number of benzene rings is 2. The summed E-state index contributed by atoms with van der Waals surface area (Å²) in [5.74, 6) is 0.337. The Labute approximate surface area is 226 Å². The summed E-state index contributed by atoms with van der Waals surface area (Å²) < 4.78 is 13.2. The van der Waals surface area contributed by atoms with Gasteiger partial charge in [0.05, 0.1) is 48.9 Å².